The first-order valence-corrected chi connectivity index (χ1v) is 8.80. The molecular formula is C19H29N3O4. The molecule has 0 atom stereocenters. The van der Waals surface area contributed by atoms with Gasteiger partial charge in [0.2, 0.25) is 11.8 Å². The fourth-order valence-corrected chi connectivity index (χ4v) is 2.07. The first-order chi connectivity index (χ1) is 12.3. The highest BCUT2D eigenvalue weighted by Gasteiger charge is 2.15. The van der Waals surface area contributed by atoms with Crippen molar-refractivity contribution in [3.8, 4) is 0 Å². The molecular weight excluding hydrogens is 334 g/mol. The van der Waals surface area contributed by atoms with Crippen molar-refractivity contribution in [2.24, 2.45) is 0 Å². The Bertz CT molecular complexity index is 582. The number of nitrogens with one attached hydrogen (secondary N) is 3. The van der Waals surface area contributed by atoms with Crippen molar-refractivity contribution in [1.29, 1.82) is 0 Å². The Morgan fingerprint density at radius 3 is 2.12 bits per heavy atom. The zero-order valence-electron chi connectivity index (χ0n) is 15.8. The third-order valence-corrected chi connectivity index (χ3v) is 3.23. The van der Waals surface area contributed by atoms with Gasteiger partial charge in [0, 0.05) is 26.1 Å². The van der Waals surface area contributed by atoms with Crippen molar-refractivity contribution < 1.29 is 19.1 Å². The Kier molecular flexibility index (Phi) is 9.19. The third-order valence-electron chi connectivity index (χ3n) is 3.23. The Hall–Kier alpha value is -2.57. The van der Waals surface area contributed by atoms with Crippen molar-refractivity contribution >= 4 is 17.9 Å². The average molecular weight is 363 g/mol. The lowest BCUT2D eigenvalue weighted by molar-refractivity contribution is -0.121. The molecule has 0 aliphatic rings. The quantitative estimate of drug-likeness (QED) is 0.583. The first kappa shape index (κ1) is 21.5. The fraction of sp³-hybridized carbons (Fsp3) is 0.526. The molecule has 0 aliphatic carbocycles. The van der Waals surface area contributed by atoms with Gasteiger partial charge in [-0.15, -0.1) is 0 Å². The molecule has 0 heterocycles. The van der Waals surface area contributed by atoms with Gasteiger partial charge in [0.25, 0.3) is 0 Å². The zero-order chi connectivity index (χ0) is 19.4. The molecule has 0 spiro atoms. The molecule has 3 N–H and O–H groups in total. The highest BCUT2D eigenvalue weighted by Crippen LogP contribution is 2.06. The van der Waals surface area contributed by atoms with Gasteiger partial charge in [-0.1, -0.05) is 30.3 Å². The van der Waals surface area contributed by atoms with Crippen molar-refractivity contribution in [2.75, 3.05) is 19.6 Å². The van der Waals surface area contributed by atoms with E-state index in [1.54, 1.807) is 20.8 Å². The SMILES string of the molecule is CC(C)(C)OC(=O)NCCC(=O)NCCCNC(=O)Cc1ccccc1. The summed E-state index contributed by atoms with van der Waals surface area (Å²) in [6.45, 7) is 6.52. The molecule has 26 heavy (non-hydrogen) atoms. The van der Waals surface area contributed by atoms with E-state index in [0.29, 0.717) is 25.9 Å². The van der Waals surface area contributed by atoms with Crippen molar-refractivity contribution in [3.05, 3.63) is 35.9 Å². The Morgan fingerprint density at radius 2 is 1.50 bits per heavy atom. The van der Waals surface area contributed by atoms with E-state index in [9.17, 15) is 14.4 Å². The topological polar surface area (TPSA) is 96.5 Å². The molecule has 0 radical (unpaired) electrons. The summed E-state index contributed by atoms with van der Waals surface area (Å²) in [4.78, 5) is 34.8. The summed E-state index contributed by atoms with van der Waals surface area (Å²) >= 11 is 0. The van der Waals surface area contributed by atoms with Crippen molar-refractivity contribution in [1.82, 2.24) is 16.0 Å². The monoisotopic (exact) mass is 363 g/mol. The largest absolute Gasteiger partial charge is 0.444 e. The van der Waals surface area contributed by atoms with Crippen LogP contribution in [0.25, 0.3) is 0 Å². The van der Waals surface area contributed by atoms with E-state index in [1.807, 2.05) is 30.3 Å². The summed E-state index contributed by atoms with van der Waals surface area (Å²) in [7, 11) is 0. The molecule has 0 saturated carbocycles. The highest BCUT2D eigenvalue weighted by atomic mass is 16.6. The van der Waals surface area contributed by atoms with Crippen LogP contribution < -0.4 is 16.0 Å². The molecule has 3 amide bonds. The number of benzene rings is 1. The minimum atomic E-state index is -0.558. The number of hydrogen-bond donors (Lipinski definition) is 3. The molecule has 0 unspecified atom stereocenters. The van der Waals surface area contributed by atoms with Crippen LogP contribution >= 0.6 is 0 Å². The lowest BCUT2D eigenvalue weighted by Crippen LogP contribution is -2.35. The first-order valence-electron chi connectivity index (χ1n) is 8.80. The standard InChI is InChI=1S/C19H29N3O4/c1-19(2,3)26-18(25)22-13-10-16(23)20-11-7-12-21-17(24)14-15-8-5-4-6-9-15/h4-6,8-9H,7,10-14H2,1-3H3,(H,20,23)(H,21,24)(H,22,25). The number of amides is 3. The average Bonchev–Trinajstić information content (AvgIpc) is 2.53. The molecule has 144 valence electrons. The smallest absolute Gasteiger partial charge is 0.407 e. The normalized spacial score (nSPS) is 10.7. The van der Waals surface area contributed by atoms with Crippen LogP contribution in [0.2, 0.25) is 0 Å². The van der Waals surface area contributed by atoms with Crippen molar-refractivity contribution in [2.45, 2.75) is 45.6 Å². The second-order valence-corrected chi connectivity index (χ2v) is 6.89. The Morgan fingerprint density at radius 1 is 0.885 bits per heavy atom. The Labute approximate surface area is 154 Å². The van der Waals surface area contributed by atoms with Crippen LogP contribution in [-0.2, 0) is 20.7 Å². The van der Waals surface area contributed by atoms with Gasteiger partial charge in [0.05, 0.1) is 6.42 Å². The van der Waals surface area contributed by atoms with Crippen LogP contribution in [0, 0.1) is 0 Å². The second-order valence-electron chi connectivity index (χ2n) is 6.89. The second kappa shape index (κ2) is 11.1. The van der Waals surface area contributed by atoms with Crippen LogP contribution in [0.5, 0.6) is 0 Å². The van der Waals surface area contributed by atoms with Crippen LogP contribution in [0.1, 0.15) is 39.2 Å². The van der Waals surface area contributed by atoms with E-state index in [-0.39, 0.29) is 24.8 Å². The van der Waals surface area contributed by atoms with E-state index >= 15 is 0 Å². The molecule has 0 aromatic heterocycles. The summed E-state index contributed by atoms with van der Waals surface area (Å²) in [5.41, 5.74) is 0.410. The van der Waals surface area contributed by atoms with E-state index in [2.05, 4.69) is 16.0 Å². The summed E-state index contributed by atoms with van der Waals surface area (Å²) in [5, 5.41) is 8.10. The zero-order valence-corrected chi connectivity index (χ0v) is 15.8. The van der Waals surface area contributed by atoms with E-state index in [0.717, 1.165) is 5.56 Å². The van der Waals surface area contributed by atoms with Gasteiger partial charge in [-0.3, -0.25) is 9.59 Å². The van der Waals surface area contributed by atoms with Crippen LogP contribution in [0.15, 0.2) is 30.3 Å². The van der Waals surface area contributed by atoms with E-state index in [4.69, 9.17) is 4.74 Å². The molecule has 1 aromatic carbocycles. The fourth-order valence-electron chi connectivity index (χ4n) is 2.07. The Balaban J connectivity index is 2.02. The maximum Gasteiger partial charge on any atom is 0.407 e. The summed E-state index contributed by atoms with van der Waals surface area (Å²) in [5.74, 6) is -0.194. The van der Waals surface area contributed by atoms with E-state index < -0.39 is 11.7 Å². The summed E-state index contributed by atoms with van der Waals surface area (Å²) < 4.78 is 5.08. The number of rotatable bonds is 9. The minimum Gasteiger partial charge on any atom is -0.444 e. The number of carbonyl (C=O) groups excluding carboxylic acids is 3. The lowest BCUT2D eigenvalue weighted by atomic mass is 10.1. The molecule has 0 fully saturated rings. The number of carbonyl (C=O) groups is 3. The van der Waals surface area contributed by atoms with Crippen LogP contribution in [0.4, 0.5) is 4.79 Å². The van der Waals surface area contributed by atoms with Gasteiger partial charge in [-0.25, -0.2) is 4.79 Å². The van der Waals surface area contributed by atoms with Gasteiger partial charge >= 0.3 is 6.09 Å². The van der Waals surface area contributed by atoms with Gasteiger partial charge in [0.1, 0.15) is 5.60 Å². The molecule has 7 nitrogen and oxygen atoms in total. The summed E-state index contributed by atoms with van der Waals surface area (Å²) in [6.07, 6.45) is 0.640. The van der Waals surface area contributed by atoms with Crippen LogP contribution in [-0.4, -0.2) is 43.1 Å². The maximum absolute atomic E-state index is 11.8. The minimum absolute atomic E-state index is 0.0379. The predicted molar refractivity (Wildman–Crippen MR) is 99.6 cm³/mol. The number of hydrogen-bond acceptors (Lipinski definition) is 4. The molecule has 7 heteroatoms. The highest BCUT2D eigenvalue weighted by molar-refractivity contribution is 5.78. The van der Waals surface area contributed by atoms with Gasteiger partial charge in [0.15, 0.2) is 0 Å². The van der Waals surface area contributed by atoms with Gasteiger partial charge in [-0.05, 0) is 32.8 Å². The summed E-state index contributed by atoms with van der Waals surface area (Å²) in [6, 6.07) is 9.52. The maximum atomic E-state index is 11.8. The van der Waals surface area contributed by atoms with Gasteiger partial charge < -0.3 is 20.7 Å². The predicted octanol–water partition coefficient (Wildman–Crippen LogP) is 1.77. The lowest BCUT2D eigenvalue weighted by Gasteiger charge is -2.19. The van der Waals surface area contributed by atoms with Gasteiger partial charge in [-0.2, -0.15) is 0 Å². The molecule has 0 aliphatic heterocycles. The molecule has 0 saturated heterocycles. The number of ether oxygens (including phenoxy) is 1. The van der Waals surface area contributed by atoms with Crippen LogP contribution in [0.3, 0.4) is 0 Å². The third kappa shape index (κ3) is 11.1. The van der Waals surface area contributed by atoms with Crippen molar-refractivity contribution in [3.63, 3.8) is 0 Å². The molecule has 1 rings (SSSR count). The van der Waals surface area contributed by atoms with E-state index in [1.165, 1.54) is 0 Å². The number of alkyl carbamates (subject to hydrolysis) is 1. The molecule has 0 bridgehead atoms. The molecule has 1 aromatic rings.